The van der Waals surface area contributed by atoms with Crippen molar-refractivity contribution in [2.24, 2.45) is 0 Å². The number of amides is 1. The van der Waals surface area contributed by atoms with Crippen LogP contribution in [0, 0.1) is 0 Å². The fraction of sp³-hybridized carbons (Fsp3) is 0.450. The molecule has 0 bridgehead atoms. The molecule has 1 unspecified atom stereocenters. The van der Waals surface area contributed by atoms with Crippen molar-refractivity contribution in [3.63, 3.8) is 0 Å². The number of carbonyl (C=O) groups excluding carboxylic acids is 1. The quantitative estimate of drug-likeness (QED) is 0.702. The Kier molecular flexibility index (Phi) is 6.18. The lowest BCUT2D eigenvalue weighted by molar-refractivity contribution is -0.137. The Morgan fingerprint density at radius 2 is 2.00 bits per heavy atom. The maximum absolute atomic E-state index is 12.9. The monoisotopic (exact) mass is 388 g/mol. The number of carboxylic acids is 1. The number of hydrogen-bond donors (Lipinski definition) is 2. The highest BCUT2D eigenvalue weighted by atomic mass is 16.5. The zero-order valence-corrected chi connectivity index (χ0v) is 16.0. The maximum atomic E-state index is 12.9. The second kappa shape index (κ2) is 8.77. The molecular formula is C20H24N2O6. The van der Waals surface area contributed by atoms with Gasteiger partial charge in [0.1, 0.15) is 17.3 Å². The molecule has 0 saturated carbocycles. The molecule has 150 valence electrons. The number of rotatable bonds is 7. The Bertz CT molecular complexity index is 860. The molecule has 2 N–H and O–H groups in total. The topological polar surface area (TPSA) is 111 Å². The Morgan fingerprint density at radius 3 is 2.71 bits per heavy atom. The van der Waals surface area contributed by atoms with Crippen molar-refractivity contribution in [1.82, 2.24) is 10.5 Å². The SMILES string of the molecule is COc1ccc(C(CC(=O)O)NC(=O)c2noc3c2CCCCC3)c(OC)c1. The van der Waals surface area contributed by atoms with E-state index in [0.29, 0.717) is 17.1 Å². The zero-order chi connectivity index (χ0) is 20.1. The summed E-state index contributed by atoms with van der Waals surface area (Å²) in [4.78, 5) is 24.3. The predicted octanol–water partition coefficient (Wildman–Crippen LogP) is 2.91. The van der Waals surface area contributed by atoms with Crippen molar-refractivity contribution in [2.45, 2.75) is 44.6 Å². The first-order valence-corrected chi connectivity index (χ1v) is 9.25. The van der Waals surface area contributed by atoms with Crippen molar-refractivity contribution < 1.29 is 28.7 Å². The van der Waals surface area contributed by atoms with Crippen LogP contribution in [-0.4, -0.2) is 36.4 Å². The van der Waals surface area contributed by atoms with E-state index in [2.05, 4.69) is 10.5 Å². The molecule has 1 aliphatic rings. The van der Waals surface area contributed by atoms with E-state index < -0.39 is 17.9 Å². The van der Waals surface area contributed by atoms with Gasteiger partial charge in [-0.1, -0.05) is 11.6 Å². The standard InChI is InChI=1S/C20H24N2O6/c1-26-12-8-9-13(17(10-12)27-2)15(11-18(23)24)21-20(25)19-14-6-4-3-5-7-16(14)28-22-19/h8-10,15H,3-7,11H2,1-2H3,(H,21,25)(H,23,24). The number of hydrogen-bond acceptors (Lipinski definition) is 6. The lowest BCUT2D eigenvalue weighted by Crippen LogP contribution is -2.31. The molecular weight excluding hydrogens is 364 g/mol. The number of methoxy groups -OCH3 is 2. The van der Waals surface area contributed by atoms with Gasteiger partial charge in [-0.25, -0.2) is 0 Å². The molecule has 0 saturated heterocycles. The van der Waals surface area contributed by atoms with Crippen LogP contribution >= 0.6 is 0 Å². The lowest BCUT2D eigenvalue weighted by Gasteiger charge is -2.20. The smallest absolute Gasteiger partial charge is 0.305 e. The largest absolute Gasteiger partial charge is 0.497 e. The first-order valence-electron chi connectivity index (χ1n) is 9.25. The van der Waals surface area contributed by atoms with Crippen LogP contribution in [0.25, 0.3) is 0 Å². The van der Waals surface area contributed by atoms with Gasteiger partial charge in [-0.15, -0.1) is 0 Å². The van der Waals surface area contributed by atoms with Crippen molar-refractivity contribution in [3.8, 4) is 11.5 Å². The molecule has 8 nitrogen and oxygen atoms in total. The molecule has 1 amide bonds. The second-order valence-electron chi connectivity index (χ2n) is 6.73. The number of benzene rings is 1. The fourth-order valence-corrected chi connectivity index (χ4v) is 3.49. The summed E-state index contributed by atoms with van der Waals surface area (Å²) >= 11 is 0. The van der Waals surface area contributed by atoms with Gasteiger partial charge in [-0.3, -0.25) is 9.59 Å². The fourth-order valence-electron chi connectivity index (χ4n) is 3.49. The van der Waals surface area contributed by atoms with Crippen LogP contribution in [0.4, 0.5) is 0 Å². The first kappa shape index (κ1) is 19.7. The average Bonchev–Trinajstić information content (AvgIpc) is 2.95. The van der Waals surface area contributed by atoms with E-state index in [9.17, 15) is 14.7 Å². The third-order valence-corrected chi connectivity index (χ3v) is 4.92. The Morgan fingerprint density at radius 1 is 1.21 bits per heavy atom. The zero-order valence-electron chi connectivity index (χ0n) is 16.0. The number of aryl methyl sites for hydroxylation is 1. The number of aromatic nitrogens is 1. The molecule has 0 radical (unpaired) electrons. The van der Waals surface area contributed by atoms with Gasteiger partial charge in [0.2, 0.25) is 0 Å². The van der Waals surface area contributed by atoms with Crippen LogP contribution in [0.15, 0.2) is 22.7 Å². The predicted molar refractivity (Wildman–Crippen MR) is 99.8 cm³/mol. The minimum Gasteiger partial charge on any atom is -0.497 e. The van der Waals surface area contributed by atoms with E-state index in [4.69, 9.17) is 14.0 Å². The molecule has 3 rings (SSSR count). The van der Waals surface area contributed by atoms with Crippen LogP contribution in [0.2, 0.25) is 0 Å². The number of fused-ring (bicyclic) bond motifs is 1. The summed E-state index contributed by atoms with van der Waals surface area (Å²) in [7, 11) is 3.01. The Labute approximate surface area is 162 Å². The molecule has 8 heteroatoms. The van der Waals surface area contributed by atoms with Crippen LogP contribution in [0.1, 0.15) is 59.1 Å². The van der Waals surface area contributed by atoms with Crippen LogP contribution in [-0.2, 0) is 17.6 Å². The first-order chi connectivity index (χ1) is 13.5. The molecule has 1 heterocycles. The molecule has 1 aliphatic carbocycles. The van der Waals surface area contributed by atoms with Gasteiger partial charge in [-0.05, 0) is 31.4 Å². The highest BCUT2D eigenvalue weighted by Gasteiger charge is 2.27. The molecule has 1 atom stereocenters. The van der Waals surface area contributed by atoms with E-state index >= 15 is 0 Å². The maximum Gasteiger partial charge on any atom is 0.305 e. The molecule has 2 aromatic rings. The molecule has 0 fully saturated rings. The molecule has 1 aromatic carbocycles. The average molecular weight is 388 g/mol. The number of nitrogens with one attached hydrogen (secondary N) is 1. The summed E-state index contributed by atoms with van der Waals surface area (Å²) in [6.07, 6.45) is 4.26. The summed E-state index contributed by atoms with van der Waals surface area (Å²) in [5, 5.41) is 16.1. The number of carbonyl (C=O) groups is 2. The molecule has 0 aliphatic heterocycles. The van der Waals surface area contributed by atoms with E-state index in [1.165, 1.54) is 14.2 Å². The second-order valence-corrected chi connectivity index (χ2v) is 6.73. The van der Waals surface area contributed by atoms with Gasteiger partial charge in [0.25, 0.3) is 5.91 Å². The normalized spacial score (nSPS) is 14.5. The van der Waals surface area contributed by atoms with Gasteiger partial charge < -0.3 is 24.4 Å². The van der Waals surface area contributed by atoms with E-state index in [1.807, 2.05) is 0 Å². The van der Waals surface area contributed by atoms with Gasteiger partial charge in [0.15, 0.2) is 5.69 Å². The summed E-state index contributed by atoms with van der Waals surface area (Å²) in [5.41, 5.74) is 1.61. The van der Waals surface area contributed by atoms with Gasteiger partial charge in [-0.2, -0.15) is 0 Å². The number of aliphatic carboxylic acids is 1. The Balaban J connectivity index is 1.88. The van der Waals surface area contributed by atoms with E-state index in [1.54, 1.807) is 18.2 Å². The van der Waals surface area contributed by atoms with Crippen molar-refractivity contribution in [3.05, 3.63) is 40.8 Å². The lowest BCUT2D eigenvalue weighted by atomic mass is 10.0. The highest BCUT2D eigenvalue weighted by Crippen LogP contribution is 2.32. The highest BCUT2D eigenvalue weighted by molar-refractivity contribution is 5.94. The van der Waals surface area contributed by atoms with Crippen LogP contribution in [0.5, 0.6) is 11.5 Å². The summed E-state index contributed by atoms with van der Waals surface area (Å²) in [6, 6.07) is 4.25. The number of nitrogens with zero attached hydrogens (tertiary/aromatic N) is 1. The van der Waals surface area contributed by atoms with Gasteiger partial charge in [0, 0.05) is 23.6 Å². The van der Waals surface area contributed by atoms with Gasteiger partial charge in [0.05, 0.1) is 26.7 Å². The summed E-state index contributed by atoms with van der Waals surface area (Å²) in [5.74, 6) is 0.269. The van der Waals surface area contributed by atoms with E-state index in [0.717, 1.165) is 43.4 Å². The third-order valence-electron chi connectivity index (χ3n) is 4.92. The van der Waals surface area contributed by atoms with Crippen molar-refractivity contribution in [2.75, 3.05) is 14.2 Å². The molecule has 28 heavy (non-hydrogen) atoms. The third kappa shape index (κ3) is 4.27. The van der Waals surface area contributed by atoms with Crippen molar-refractivity contribution >= 4 is 11.9 Å². The minimum atomic E-state index is -1.04. The molecule has 0 spiro atoms. The minimum absolute atomic E-state index is 0.236. The number of ether oxygens (including phenoxy) is 2. The Hall–Kier alpha value is -3.03. The van der Waals surface area contributed by atoms with Gasteiger partial charge >= 0.3 is 5.97 Å². The van der Waals surface area contributed by atoms with Crippen LogP contribution < -0.4 is 14.8 Å². The van der Waals surface area contributed by atoms with Crippen LogP contribution in [0.3, 0.4) is 0 Å². The summed E-state index contributed by atoms with van der Waals surface area (Å²) < 4.78 is 15.9. The summed E-state index contributed by atoms with van der Waals surface area (Å²) in [6.45, 7) is 0. The van der Waals surface area contributed by atoms with Crippen molar-refractivity contribution in [1.29, 1.82) is 0 Å². The number of carboxylic acid groups (broad SMARTS) is 1. The molecule has 1 aromatic heterocycles. The van der Waals surface area contributed by atoms with E-state index in [-0.39, 0.29) is 12.1 Å².